The third kappa shape index (κ3) is 3.67. The van der Waals surface area contributed by atoms with Crippen LogP contribution in [0, 0.1) is 5.82 Å². The zero-order valence-electron chi connectivity index (χ0n) is 8.84. The Morgan fingerprint density at radius 3 is 2.67 bits per heavy atom. The van der Waals surface area contributed by atoms with Crippen molar-refractivity contribution >= 4 is 5.97 Å². The van der Waals surface area contributed by atoms with Gasteiger partial charge in [-0.2, -0.15) is 0 Å². The van der Waals surface area contributed by atoms with Crippen molar-refractivity contribution in [3.8, 4) is 0 Å². The van der Waals surface area contributed by atoms with Crippen LogP contribution in [0.3, 0.4) is 0 Å². The maximum absolute atomic E-state index is 13.1. The average molecular weight is 211 g/mol. The largest absolute Gasteiger partial charge is 0.469 e. The minimum atomic E-state index is -0.365. The molecule has 1 aromatic rings. The molecular formula is C11H14FNO2. The van der Waals surface area contributed by atoms with Crippen molar-refractivity contribution in [1.29, 1.82) is 0 Å². The highest BCUT2D eigenvalue weighted by Crippen LogP contribution is 2.10. The summed E-state index contributed by atoms with van der Waals surface area (Å²) in [5.74, 6) is -0.697. The van der Waals surface area contributed by atoms with Gasteiger partial charge in [0.05, 0.1) is 13.5 Å². The van der Waals surface area contributed by atoms with Crippen molar-refractivity contribution in [3.63, 3.8) is 0 Å². The highest BCUT2D eigenvalue weighted by molar-refractivity contribution is 5.72. The van der Waals surface area contributed by atoms with Gasteiger partial charge < -0.3 is 10.1 Å². The first-order valence-corrected chi connectivity index (χ1v) is 4.65. The zero-order chi connectivity index (χ0) is 11.3. The number of rotatable bonds is 4. The zero-order valence-corrected chi connectivity index (χ0v) is 8.84. The topological polar surface area (TPSA) is 38.3 Å². The summed E-state index contributed by atoms with van der Waals surface area (Å²) in [4.78, 5) is 11.0. The van der Waals surface area contributed by atoms with Crippen molar-refractivity contribution in [2.24, 2.45) is 0 Å². The summed E-state index contributed by atoms with van der Waals surface area (Å²) < 4.78 is 17.6. The van der Waals surface area contributed by atoms with E-state index >= 15 is 0 Å². The molecule has 0 fully saturated rings. The fourth-order valence-electron chi connectivity index (χ4n) is 1.36. The summed E-state index contributed by atoms with van der Waals surface area (Å²) in [5.41, 5.74) is 1.45. The molecule has 0 amide bonds. The second kappa shape index (κ2) is 5.46. The fourth-order valence-corrected chi connectivity index (χ4v) is 1.36. The maximum Gasteiger partial charge on any atom is 0.309 e. The van der Waals surface area contributed by atoms with Gasteiger partial charge in [0.15, 0.2) is 0 Å². The van der Waals surface area contributed by atoms with E-state index in [1.54, 1.807) is 13.1 Å². The van der Waals surface area contributed by atoms with Crippen LogP contribution in [0.4, 0.5) is 4.39 Å². The summed E-state index contributed by atoms with van der Waals surface area (Å²) in [6.07, 6.45) is 0.102. The summed E-state index contributed by atoms with van der Waals surface area (Å²) in [6.45, 7) is 0.575. The van der Waals surface area contributed by atoms with Gasteiger partial charge in [-0.3, -0.25) is 4.79 Å². The molecule has 0 aromatic heterocycles. The van der Waals surface area contributed by atoms with Gasteiger partial charge in [0.1, 0.15) is 5.82 Å². The van der Waals surface area contributed by atoms with Crippen molar-refractivity contribution in [1.82, 2.24) is 5.32 Å². The number of hydrogen-bond acceptors (Lipinski definition) is 3. The molecule has 0 aliphatic rings. The van der Waals surface area contributed by atoms with E-state index in [2.05, 4.69) is 10.1 Å². The molecule has 0 spiro atoms. The predicted octanol–water partition coefficient (Wildman–Crippen LogP) is 1.26. The number of nitrogens with one attached hydrogen (secondary N) is 1. The average Bonchev–Trinajstić information content (AvgIpc) is 2.17. The Bertz CT molecular complexity index is 352. The number of benzene rings is 1. The first kappa shape index (κ1) is 11.7. The summed E-state index contributed by atoms with van der Waals surface area (Å²) in [6, 6.07) is 4.57. The van der Waals surface area contributed by atoms with E-state index in [0.29, 0.717) is 12.1 Å². The van der Waals surface area contributed by atoms with Gasteiger partial charge in [0.25, 0.3) is 0 Å². The van der Waals surface area contributed by atoms with E-state index in [0.717, 1.165) is 5.56 Å². The van der Waals surface area contributed by atoms with Crippen molar-refractivity contribution in [2.45, 2.75) is 13.0 Å². The van der Waals surface area contributed by atoms with Gasteiger partial charge in [0, 0.05) is 6.54 Å². The van der Waals surface area contributed by atoms with E-state index in [1.165, 1.54) is 19.2 Å². The minimum absolute atomic E-state index is 0.102. The van der Waals surface area contributed by atoms with Gasteiger partial charge in [0.2, 0.25) is 0 Å². The van der Waals surface area contributed by atoms with E-state index in [4.69, 9.17) is 0 Å². The molecule has 0 aliphatic carbocycles. The van der Waals surface area contributed by atoms with Crippen molar-refractivity contribution in [2.75, 3.05) is 14.2 Å². The van der Waals surface area contributed by atoms with Crippen LogP contribution >= 0.6 is 0 Å². The highest BCUT2D eigenvalue weighted by atomic mass is 19.1. The van der Waals surface area contributed by atoms with Gasteiger partial charge in [-0.05, 0) is 30.3 Å². The molecule has 0 aliphatic heterocycles. The Morgan fingerprint density at radius 1 is 1.40 bits per heavy atom. The molecular weight excluding hydrogens is 197 g/mol. The molecule has 0 saturated carbocycles. The Balaban J connectivity index is 2.83. The van der Waals surface area contributed by atoms with Crippen LogP contribution in [0.1, 0.15) is 11.1 Å². The second-order valence-electron chi connectivity index (χ2n) is 3.25. The molecule has 3 nitrogen and oxygen atoms in total. The first-order chi connectivity index (χ1) is 7.15. The number of carbonyl (C=O) groups excluding carboxylic acids is 1. The Labute approximate surface area is 88.2 Å². The van der Waals surface area contributed by atoms with Crippen molar-refractivity contribution in [3.05, 3.63) is 35.1 Å². The molecule has 0 atom stereocenters. The normalized spacial score (nSPS) is 10.1. The van der Waals surface area contributed by atoms with E-state index in [-0.39, 0.29) is 18.2 Å². The molecule has 0 radical (unpaired) electrons. The molecule has 0 unspecified atom stereocenters. The smallest absolute Gasteiger partial charge is 0.309 e. The van der Waals surface area contributed by atoms with E-state index in [1.807, 2.05) is 0 Å². The second-order valence-corrected chi connectivity index (χ2v) is 3.25. The number of carbonyl (C=O) groups is 1. The van der Waals surface area contributed by atoms with E-state index in [9.17, 15) is 9.18 Å². The van der Waals surface area contributed by atoms with Crippen LogP contribution in [0.15, 0.2) is 18.2 Å². The Kier molecular flexibility index (Phi) is 4.24. The van der Waals surface area contributed by atoms with Crippen LogP contribution in [0.5, 0.6) is 0 Å². The van der Waals surface area contributed by atoms with Gasteiger partial charge in [-0.25, -0.2) is 4.39 Å². The number of esters is 1. The molecule has 82 valence electrons. The lowest BCUT2D eigenvalue weighted by Crippen LogP contribution is -2.08. The first-order valence-electron chi connectivity index (χ1n) is 4.65. The molecule has 0 heterocycles. The molecule has 1 N–H and O–H groups in total. The van der Waals surface area contributed by atoms with Crippen LogP contribution in [0.25, 0.3) is 0 Å². The molecule has 1 aromatic carbocycles. The number of ether oxygens (including phenoxy) is 1. The van der Waals surface area contributed by atoms with E-state index < -0.39 is 0 Å². The van der Waals surface area contributed by atoms with Gasteiger partial charge in [-0.15, -0.1) is 0 Å². The third-order valence-corrected chi connectivity index (χ3v) is 1.97. The summed E-state index contributed by atoms with van der Waals surface area (Å²) >= 11 is 0. The standard InChI is InChI=1S/C11H14FNO2/c1-13-7-9-3-8(4-10(12)5-9)6-11(14)15-2/h3-5,13H,6-7H2,1-2H3. The molecule has 0 bridgehead atoms. The van der Waals surface area contributed by atoms with Crippen LogP contribution in [-0.2, 0) is 22.5 Å². The van der Waals surface area contributed by atoms with Crippen LogP contribution in [-0.4, -0.2) is 20.1 Å². The minimum Gasteiger partial charge on any atom is -0.469 e. The van der Waals surface area contributed by atoms with Gasteiger partial charge >= 0.3 is 5.97 Å². The predicted molar refractivity (Wildman–Crippen MR) is 54.9 cm³/mol. The lowest BCUT2D eigenvalue weighted by atomic mass is 10.1. The quantitative estimate of drug-likeness (QED) is 0.762. The van der Waals surface area contributed by atoms with Crippen LogP contribution < -0.4 is 5.32 Å². The molecule has 4 heteroatoms. The number of halogens is 1. The fraction of sp³-hybridized carbons (Fsp3) is 0.364. The molecule has 15 heavy (non-hydrogen) atoms. The maximum atomic E-state index is 13.1. The van der Waals surface area contributed by atoms with Crippen LogP contribution in [0.2, 0.25) is 0 Å². The monoisotopic (exact) mass is 211 g/mol. The molecule has 1 rings (SSSR count). The third-order valence-electron chi connectivity index (χ3n) is 1.97. The summed E-state index contributed by atoms with van der Waals surface area (Å²) in [7, 11) is 3.10. The highest BCUT2D eigenvalue weighted by Gasteiger charge is 2.05. The molecule has 0 saturated heterocycles. The Morgan fingerprint density at radius 2 is 2.07 bits per heavy atom. The lowest BCUT2D eigenvalue weighted by Gasteiger charge is -2.05. The SMILES string of the molecule is CNCc1cc(F)cc(CC(=O)OC)c1. The lowest BCUT2D eigenvalue weighted by molar-refractivity contribution is -0.139. The number of methoxy groups -OCH3 is 1. The Hall–Kier alpha value is -1.42. The van der Waals surface area contributed by atoms with Crippen molar-refractivity contribution < 1.29 is 13.9 Å². The number of hydrogen-bond donors (Lipinski definition) is 1. The summed E-state index contributed by atoms with van der Waals surface area (Å²) in [5, 5.41) is 2.92. The van der Waals surface area contributed by atoms with Gasteiger partial charge in [-0.1, -0.05) is 6.07 Å².